The van der Waals surface area contributed by atoms with Gasteiger partial charge in [-0.05, 0) is 37.0 Å². The lowest BCUT2D eigenvalue weighted by molar-refractivity contribution is -0.384. The van der Waals surface area contributed by atoms with Crippen molar-refractivity contribution in [1.29, 1.82) is 0 Å². The first kappa shape index (κ1) is 35.1. The molecule has 14 heteroatoms. The van der Waals surface area contributed by atoms with Crippen LogP contribution in [0, 0.1) is 16.0 Å². The SMILES string of the molecule is CCOC(=O)CNC(=O)C(=O)C(COCc1ccccc1)NC(=O)C(CC1CCCCC1)NC(=O)c1ccc(Cl)c([N+](=O)[O-])c1. The molecule has 13 nitrogen and oxygen atoms in total. The maximum Gasteiger partial charge on any atom is 0.325 e. The fourth-order valence-electron chi connectivity index (χ4n) is 4.96. The predicted octanol–water partition coefficient (Wildman–Crippen LogP) is 3.27. The third-order valence-electron chi connectivity index (χ3n) is 7.27. The summed E-state index contributed by atoms with van der Waals surface area (Å²) in [6.45, 7) is 0.850. The Labute approximate surface area is 265 Å². The second-order valence-electron chi connectivity index (χ2n) is 10.6. The lowest BCUT2D eigenvalue weighted by Crippen LogP contribution is -2.56. The van der Waals surface area contributed by atoms with Gasteiger partial charge in [0.2, 0.25) is 11.7 Å². The maximum atomic E-state index is 13.7. The highest BCUT2D eigenvalue weighted by Gasteiger charge is 2.33. The van der Waals surface area contributed by atoms with Crippen LogP contribution in [0.2, 0.25) is 5.02 Å². The molecule has 1 aliphatic rings. The monoisotopic (exact) mass is 644 g/mol. The van der Waals surface area contributed by atoms with Crippen molar-refractivity contribution in [3.63, 3.8) is 0 Å². The Morgan fingerprint density at radius 2 is 1.71 bits per heavy atom. The molecule has 0 saturated heterocycles. The molecule has 2 aromatic rings. The maximum absolute atomic E-state index is 13.7. The number of Topliss-reactive ketones (excluding diaryl/α,β-unsaturated/α-hetero) is 1. The van der Waals surface area contributed by atoms with E-state index in [0.29, 0.717) is 0 Å². The number of ether oxygens (including phenoxy) is 2. The second kappa shape index (κ2) is 17.8. The normalized spacial score (nSPS) is 14.4. The number of nitrogens with one attached hydrogen (secondary N) is 3. The van der Waals surface area contributed by atoms with Gasteiger partial charge in [0, 0.05) is 11.6 Å². The highest BCUT2D eigenvalue weighted by Crippen LogP contribution is 2.28. The highest BCUT2D eigenvalue weighted by atomic mass is 35.5. The van der Waals surface area contributed by atoms with Crippen LogP contribution in [0.25, 0.3) is 0 Å². The number of carbonyl (C=O) groups is 5. The molecule has 2 aromatic carbocycles. The van der Waals surface area contributed by atoms with Crippen LogP contribution in [-0.4, -0.2) is 66.2 Å². The Bertz CT molecular complexity index is 1370. The minimum Gasteiger partial charge on any atom is -0.465 e. The van der Waals surface area contributed by atoms with Crippen LogP contribution in [0.3, 0.4) is 0 Å². The molecule has 2 unspecified atom stereocenters. The first-order valence-electron chi connectivity index (χ1n) is 14.7. The first-order chi connectivity index (χ1) is 21.6. The molecular formula is C31H37ClN4O9. The van der Waals surface area contributed by atoms with Crippen molar-refractivity contribution >= 4 is 46.8 Å². The first-order valence-corrected chi connectivity index (χ1v) is 15.1. The topological polar surface area (TPSA) is 183 Å². The van der Waals surface area contributed by atoms with Crippen LogP contribution in [0.4, 0.5) is 5.69 Å². The standard InChI is InChI=1S/C31H37ClN4O9/c1-2-45-27(37)17-33-31(41)28(38)25(19-44-18-21-11-7-4-8-12-21)35-30(40)24(15-20-9-5-3-6-10-20)34-29(39)22-13-14-23(32)26(16-22)36(42)43/h4,7-8,11-14,16,20,24-25H,2-3,5-6,9-10,15,17-19H2,1H3,(H,33,41)(H,34,39)(H,35,40). The molecule has 0 radical (unpaired) electrons. The van der Waals surface area contributed by atoms with E-state index in [2.05, 4.69) is 16.0 Å². The van der Waals surface area contributed by atoms with Crippen molar-refractivity contribution in [2.24, 2.45) is 5.92 Å². The van der Waals surface area contributed by atoms with Crippen molar-refractivity contribution in [3.8, 4) is 0 Å². The molecule has 0 heterocycles. The molecule has 0 aromatic heterocycles. The zero-order valence-electron chi connectivity index (χ0n) is 24.9. The fraction of sp³-hybridized carbons (Fsp3) is 0.452. The van der Waals surface area contributed by atoms with Gasteiger partial charge in [-0.25, -0.2) is 0 Å². The van der Waals surface area contributed by atoms with Crippen molar-refractivity contribution in [3.05, 3.63) is 74.8 Å². The molecule has 1 aliphatic carbocycles. The van der Waals surface area contributed by atoms with Crippen molar-refractivity contribution in [2.75, 3.05) is 19.8 Å². The molecule has 0 bridgehead atoms. The van der Waals surface area contributed by atoms with E-state index in [9.17, 15) is 34.1 Å². The number of hydrogen-bond donors (Lipinski definition) is 3. The van der Waals surface area contributed by atoms with E-state index in [1.807, 2.05) is 6.07 Å². The van der Waals surface area contributed by atoms with Gasteiger partial charge in [0.15, 0.2) is 0 Å². The summed E-state index contributed by atoms with van der Waals surface area (Å²) in [5, 5.41) is 18.6. The number of nitrogens with zero attached hydrogens (tertiary/aromatic N) is 1. The van der Waals surface area contributed by atoms with E-state index in [4.69, 9.17) is 21.1 Å². The molecule has 1 fully saturated rings. The number of carbonyl (C=O) groups excluding carboxylic acids is 5. The summed E-state index contributed by atoms with van der Waals surface area (Å²) in [4.78, 5) is 75.0. The van der Waals surface area contributed by atoms with Crippen LogP contribution in [0.5, 0.6) is 0 Å². The molecule has 3 amide bonds. The van der Waals surface area contributed by atoms with E-state index >= 15 is 0 Å². The number of benzene rings is 2. The van der Waals surface area contributed by atoms with Gasteiger partial charge in [-0.2, -0.15) is 0 Å². The summed E-state index contributed by atoms with van der Waals surface area (Å²) >= 11 is 5.89. The van der Waals surface area contributed by atoms with Gasteiger partial charge in [-0.15, -0.1) is 0 Å². The molecular weight excluding hydrogens is 608 g/mol. The minimum absolute atomic E-state index is 0.0790. The fourth-order valence-corrected chi connectivity index (χ4v) is 5.14. The van der Waals surface area contributed by atoms with Crippen LogP contribution in [-0.2, 0) is 35.3 Å². The van der Waals surface area contributed by atoms with Crippen LogP contribution in [0.15, 0.2) is 48.5 Å². The van der Waals surface area contributed by atoms with Crippen molar-refractivity contribution < 1.29 is 38.4 Å². The minimum atomic E-state index is -1.45. The zero-order chi connectivity index (χ0) is 32.8. The molecule has 1 saturated carbocycles. The summed E-state index contributed by atoms with van der Waals surface area (Å²) in [6.07, 6.45) is 4.91. The van der Waals surface area contributed by atoms with E-state index in [1.165, 1.54) is 12.1 Å². The molecule has 3 N–H and O–H groups in total. The second-order valence-corrected chi connectivity index (χ2v) is 11.0. The van der Waals surface area contributed by atoms with Gasteiger partial charge in [0.25, 0.3) is 17.5 Å². The van der Waals surface area contributed by atoms with E-state index in [0.717, 1.165) is 43.7 Å². The molecule has 242 valence electrons. The van der Waals surface area contributed by atoms with Crippen molar-refractivity contribution in [1.82, 2.24) is 16.0 Å². The van der Waals surface area contributed by atoms with Crippen LogP contribution >= 0.6 is 11.6 Å². The lowest BCUT2D eigenvalue weighted by Gasteiger charge is -2.28. The molecule has 0 aliphatic heterocycles. The van der Waals surface area contributed by atoms with Gasteiger partial charge in [0.05, 0.1) is 24.7 Å². The van der Waals surface area contributed by atoms with Gasteiger partial charge in [-0.3, -0.25) is 34.1 Å². The summed E-state index contributed by atoms with van der Waals surface area (Å²) < 4.78 is 10.4. The Morgan fingerprint density at radius 1 is 1.00 bits per heavy atom. The zero-order valence-corrected chi connectivity index (χ0v) is 25.7. The number of amides is 3. The molecule has 3 rings (SSSR count). The third-order valence-corrected chi connectivity index (χ3v) is 7.59. The summed E-state index contributed by atoms with van der Waals surface area (Å²) in [5.41, 5.74) is 0.249. The number of halogens is 1. The number of hydrogen-bond acceptors (Lipinski definition) is 9. The molecule has 0 spiro atoms. The van der Waals surface area contributed by atoms with Crippen LogP contribution < -0.4 is 16.0 Å². The number of esters is 1. The van der Waals surface area contributed by atoms with Gasteiger partial charge in [0.1, 0.15) is 23.7 Å². The summed E-state index contributed by atoms with van der Waals surface area (Å²) in [7, 11) is 0. The van der Waals surface area contributed by atoms with E-state index < -0.39 is 58.7 Å². The quantitative estimate of drug-likeness (QED) is 0.107. The van der Waals surface area contributed by atoms with Gasteiger partial charge in [-0.1, -0.05) is 74.0 Å². The average molecular weight is 645 g/mol. The van der Waals surface area contributed by atoms with Gasteiger partial charge < -0.3 is 25.4 Å². The molecule has 45 heavy (non-hydrogen) atoms. The number of nitro benzene ring substituents is 1. The van der Waals surface area contributed by atoms with Gasteiger partial charge >= 0.3 is 5.97 Å². The predicted molar refractivity (Wildman–Crippen MR) is 163 cm³/mol. The van der Waals surface area contributed by atoms with Crippen molar-refractivity contribution in [2.45, 2.75) is 64.1 Å². The third kappa shape index (κ3) is 11.3. The lowest BCUT2D eigenvalue weighted by atomic mass is 9.84. The smallest absolute Gasteiger partial charge is 0.325 e. The summed E-state index contributed by atoms with van der Waals surface area (Å²) in [6, 6.07) is 10.00. The number of rotatable bonds is 16. The molecule has 2 atom stereocenters. The largest absolute Gasteiger partial charge is 0.465 e. The Morgan fingerprint density at radius 3 is 2.38 bits per heavy atom. The van der Waals surface area contributed by atoms with Crippen LogP contribution in [0.1, 0.15) is 61.4 Å². The number of ketones is 1. The Balaban J connectivity index is 1.79. The summed E-state index contributed by atoms with van der Waals surface area (Å²) in [5.74, 6) is -4.31. The Hall–Kier alpha value is -4.36. The Kier molecular flexibility index (Phi) is 13.9. The van der Waals surface area contributed by atoms with E-state index in [-0.39, 0.29) is 42.7 Å². The number of nitro groups is 1. The average Bonchev–Trinajstić information content (AvgIpc) is 3.03. The van der Waals surface area contributed by atoms with E-state index in [1.54, 1.807) is 31.2 Å². The highest BCUT2D eigenvalue weighted by molar-refractivity contribution is 6.38.